The molecule has 29 heavy (non-hydrogen) atoms. The molecule has 0 unspecified atom stereocenters. The van der Waals surface area contributed by atoms with Gasteiger partial charge in [0.1, 0.15) is 11.6 Å². The number of nitrogens with zero attached hydrogens (tertiary/aromatic N) is 5. The molecular weight excluding hydrogens is 394 g/mol. The number of hydrogen-bond donors (Lipinski definition) is 0. The summed E-state index contributed by atoms with van der Waals surface area (Å²) in [5.41, 5.74) is 1.55. The van der Waals surface area contributed by atoms with Gasteiger partial charge in [-0.25, -0.2) is 18.4 Å². The maximum Gasteiger partial charge on any atom is 0.241 e. The standard InChI is InChI=1S/C19H29N5O4S/c1-22(2)18-20-13-14-6-12-28-19(16(14)21-18)7-10-23(11-8-19)17(25)15-5-4-9-24(15)29(3,26)27/h13,15H,4-12H2,1-3H3/t15-/m0/s1. The molecular formula is C19H29N5O4S. The van der Waals surface area contributed by atoms with E-state index in [9.17, 15) is 13.2 Å². The highest BCUT2D eigenvalue weighted by molar-refractivity contribution is 7.88. The van der Waals surface area contributed by atoms with Gasteiger partial charge in [0.2, 0.25) is 21.9 Å². The summed E-state index contributed by atoms with van der Waals surface area (Å²) in [6.45, 7) is 2.12. The van der Waals surface area contributed by atoms with Gasteiger partial charge in [-0.15, -0.1) is 0 Å². The molecule has 1 aromatic heterocycles. The van der Waals surface area contributed by atoms with Gasteiger partial charge in [0.15, 0.2) is 0 Å². The first kappa shape index (κ1) is 20.5. The van der Waals surface area contributed by atoms with Crippen molar-refractivity contribution in [3.63, 3.8) is 0 Å². The average Bonchev–Trinajstić information content (AvgIpc) is 3.18. The van der Waals surface area contributed by atoms with Gasteiger partial charge in [0, 0.05) is 39.9 Å². The Morgan fingerprint density at radius 2 is 2.00 bits per heavy atom. The molecule has 3 aliphatic rings. The number of fused-ring (bicyclic) bond motifs is 2. The lowest BCUT2D eigenvalue weighted by molar-refractivity contribution is -0.144. The van der Waals surface area contributed by atoms with E-state index in [1.54, 1.807) is 4.90 Å². The zero-order chi connectivity index (χ0) is 20.8. The van der Waals surface area contributed by atoms with Crippen LogP contribution in [0.4, 0.5) is 5.95 Å². The molecule has 0 radical (unpaired) electrons. The van der Waals surface area contributed by atoms with Crippen LogP contribution in [-0.2, 0) is 31.6 Å². The van der Waals surface area contributed by atoms with Gasteiger partial charge in [0.05, 0.1) is 18.6 Å². The fourth-order valence-corrected chi connectivity index (χ4v) is 5.80. The van der Waals surface area contributed by atoms with Crippen molar-refractivity contribution in [3.05, 3.63) is 17.5 Å². The number of aromatic nitrogens is 2. The summed E-state index contributed by atoms with van der Waals surface area (Å²) in [6, 6.07) is -0.568. The molecule has 0 N–H and O–H groups in total. The second-order valence-corrected chi connectivity index (χ2v) is 10.3. The molecule has 3 aliphatic heterocycles. The monoisotopic (exact) mass is 423 g/mol. The molecule has 9 nitrogen and oxygen atoms in total. The Balaban J connectivity index is 1.52. The zero-order valence-electron chi connectivity index (χ0n) is 17.3. The molecule has 10 heteroatoms. The van der Waals surface area contributed by atoms with Crippen molar-refractivity contribution in [1.82, 2.24) is 19.2 Å². The molecule has 4 heterocycles. The Labute approximate surface area is 172 Å². The van der Waals surface area contributed by atoms with Crippen molar-refractivity contribution in [3.8, 4) is 0 Å². The summed E-state index contributed by atoms with van der Waals surface area (Å²) in [5, 5.41) is 0. The van der Waals surface area contributed by atoms with Crippen molar-refractivity contribution in [2.75, 3.05) is 51.5 Å². The minimum Gasteiger partial charge on any atom is -0.368 e. The molecule has 2 saturated heterocycles. The van der Waals surface area contributed by atoms with Crippen molar-refractivity contribution >= 4 is 21.9 Å². The Kier molecular flexibility index (Phi) is 5.28. The summed E-state index contributed by atoms with van der Waals surface area (Å²) in [6.07, 6.45) is 6.48. The number of carbonyl (C=O) groups is 1. The Bertz CT molecular complexity index is 896. The maximum absolute atomic E-state index is 13.1. The predicted octanol–water partition coefficient (Wildman–Crippen LogP) is 0.357. The van der Waals surface area contributed by atoms with Gasteiger partial charge in [0.25, 0.3) is 0 Å². The van der Waals surface area contributed by atoms with Crippen LogP contribution >= 0.6 is 0 Å². The van der Waals surface area contributed by atoms with Crippen LogP contribution in [0.3, 0.4) is 0 Å². The molecule has 1 spiro atoms. The minimum absolute atomic E-state index is 0.0875. The first-order chi connectivity index (χ1) is 13.7. The summed E-state index contributed by atoms with van der Waals surface area (Å²) < 4.78 is 31.6. The molecule has 0 saturated carbocycles. The number of piperidine rings is 1. The van der Waals surface area contributed by atoms with Gasteiger partial charge >= 0.3 is 0 Å². The van der Waals surface area contributed by atoms with Crippen molar-refractivity contribution in [1.29, 1.82) is 0 Å². The molecule has 4 rings (SSSR count). The molecule has 1 amide bonds. The second kappa shape index (κ2) is 7.48. The number of anilines is 1. The van der Waals surface area contributed by atoms with E-state index in [-0.39, 0.29) is 5.91 Å². The second-order valence-electron chi connectivity index (χ2n) is 8.39. The van der Waals surface area contributed by atoms with Crippen LogP contribution in [0.15, 0.2) is 6.20 Å². The molecule has 1 aromatic rings. The van der Waals surface area contributed by atoms with Gasteiger partial charge in [-0.2, -0.15) is 4.31 Å². The number of ether oxygens (including phenoxy) is 1. The molecule has 1 atom stereocenters. The highest BCUT2D eigenvalue weighted by Gasteiger charge is 2.46. The quantitative estimate of drug-likeness (QED) is 0.692. The molecule has 0 aliphatic carbocycles. The van der Waals surface area contributed by atoms with Crippen LogP contribution in [0, 0.1) is 0 Å². The van der Waals surface area contributed by atoms with Crippen LogP contribution in [0.5, 0.6) is 0 Å². The summed E-state index contributed by atoms with van der Waals surface area (Å²) in [4.78, 5) is 25.9. The summed E-state index contributed by atoms with van der Waals surface area (Å²) >= 11 is 0. The first-order valence-electron chi connectivity index (χ1n) is 10.1. The van der Waals surface area contributed by atoms with E-state index in [1.165, 1.54) is 10.6 Å². The zero-order valence-corrected chi connectivity index (χ0v) is 18.1. The normalized spacial score (nSPS) is 24.5. The van der Waals surface area contributed by atoms with E-state index in [0.29, 0.717) is 51.5 Å². The van der Waals surface area contributed by atoms with Gasteiger partial charge in [-0.1, -0.05) is 0 Å². The largest absolute Gasteiger partial charge is 0.368 e. The first-order valence-corrected chi connectivity index (χ1v) is 12.0. The van der Waals surface area contributed by atoms with E-state index in [1.807, 2.05) is 25.2 Å². The fraction of sp³-hybridized carbons (Fsp3) is 0.737. The van der Waals surface area contributed by atoms with Crippen molar-refractivity contribution in [2.24, 2.45) is 0 Å². The van der Waals surface area contributed by atoms with E-state index in [0.717, 1.165) is 24.1 Å². The van der Waals surface area contributed by atoms with E-state index in [2.05, 4.69) is 4.98 Å². The van der Waals surface area contributed by atoms with Gasteiger partial charge in [-0.3, -0.25) is 4.79 Å². The predicted molar refractivity (Wildman–Crippen MR) is 108 cm³/mol. The third-order valence-electron chi connectivity index (χ3n) is 6.23. The summed E-state index contributed by atoms with van der Waals surface area (Å²) in [7, 11) is 0.447. The van der Waals surface area contributed by atoms with Gasteiger partial charge in [-0.05, 0) is 37.7 Å². The van der Waals surface area contributed by atoms with E-state index in [4.69, 9.17) is 9.72 Å². The highest BCUT2D eigenvalue weighted by atomic mass is 32.2. The average molecular weight is 424 g/mol. The third kappa shape index (κ3) is 3.73. The maximum atomic E-state index is 13.1. The summed E-state index contributed by atoms with van der Waals surface area (Å²) in [5.74, 6) is 0.567. The third-order valence-corrected chi connectivity index (χ3v) is 7.52. The number of likely N-dealkylation sites (tertiary alicyclic amines) is 1. The SMILES string of the molecule is CN(C)c1ncc2c(n1)C1(CCN(C(=O)[C@@H]3CCCN3S(C)(=O)=O)CC1)OCC2. The number of sulfonamides is 1. The number of carbonyl (C=O) groups excluding carboxylic acids is 1. The molecule has 0 aromatic carbocycles. The number of hydrogen-bond acceptors (Lipinski definition) is 7. The minimum atomic E-state index is -3.38. The van der Waals surface area contributed by atoms with Crippen molar-refractivity contribution in [2.45, 2.75) is 43.7 Å². The highest BCUT2D eigenvalue weighted by Crippen LogP contribution is 2.41. The fourth-order valence-electron chi connectivity index (χ4n) is 4.68. The Hall–Kier alpha value is -1.78. The number of amides is 1. The van der Waals surface area contributed by atoms with Crippen LogP contribution in [0.2, 0.25) is 0 Å². The van der Waals surface area contributed by atoms with Crippen molar-refractivity contribution < 1.29 is 17.9 Å². The molecule has 2 fully saturated rings. The Morgan fingerprint density at radius 1 is 1.28 bits per heavy atom. The van der Waals surface area contributed by atoms with Crippen LogP contribution in [0.1, 0.15) is 36.9 Å². The lowest BCUT2D eigenvalue weighted by Gasteiger charge is -2.44. The van der Waals surface area contributed by atoms with Gasteiger partial charge < -0.3 is 14.5 Å². The van der Waals surface area contributed by atoms with Crippen LogP contribution in [0.25, 0.3) is 0 Å². The van der Waals surface area contributed by atoms with E-state index < -0.39 is 21.7 Å². The smallest absolute Gasteiger partial charge is 0.241 e. The Morgan fingerprint density at radius 3 is 2.66 bits per heavy atom. The lowest BCUT2D eigenvalue weighted by Crippen LogP contribution is -2.53. The number of rotatable bonds is 3. The lowest BCUT2D eigenvalue weighted by atomic mass is 9.83. The molecule has 0 bridgehead atoms. The van der Waals surface area contributed by atoms with Crippen LogP contribution < -0.4 is 4.90 Å². The van der Waals surface area contributed by atoms with E-state index >= 15 is 0 Å². The topological polar surface area (TPSA) is 95.9 Å². The molecule has 160 valence electrons. The van der Waals surface area contributed by atoms with Crippen LogP contribution in [-0.4, -0.2) is 86.1 Å².